The molecule has 442 valence electrons. The van der Waals surface area contributed by atoms with Gasteiger partial charge in [0, 0.05) is 12.8 Å². The Hall–Kier alpha value is -1.14. The summed E-state index contributed by atoms with van der Waals surface area (Å²) in [5.41, 5.74) is 0. The first-order valence-electron chi connectivity index (χ1n) is 34.3. The third kappa shape index (κ3) is 60.1. The molecule has 0 aromatic rings. The number of amides is 1. The van der Waals surface area contributed by atoms with Crippen LogP contribution in [-0.4, -0.2) is 47.4 Å². The molecule has 74 heavy (non-hydrogen) atoms. The predicted octanol–water partition coefficient (Wildman–Crippen LogP) is 21.8. The van der Waals surface area contributed by atoms with E-state index < -0.39 is 12.1 Å². The summed E-state index contributed by atoms with van der Waals surface area (Å²) in [5, 5.41) is 23.4. The molecule has 0 bridgehead atoms. The second kappa shape index (κ2) is 64.4. The standard InChI is InChI=1S/C68H135NO5/c1-3-5-7-9-11-13-15-17-18-19-27-30-33-37-40-44-48-52-56-60-66(71)65(64-70)69-67(72)61-57-53-49-45-41-38-34-31-28-25-23-21-20-22-24-26-29-32-35-39-43-47-51-55-59-63-74-68(73)62-58-54-50-46-42-36-16-14-12-10-8-6-4-2/h65-66,70-71H,3-64H2,1-2H3,(H,69,72). The monoisotopic (exact) mass is 1050 g/mol. The topological polar surface area (TPSA) is 95.9 Å². The van der Waals surface area contributed by atoms with Crippen molar-refractivity contribution < 1.29 is 24.5 Å². The van der Waals surface area contributed by atoms with E-state index in [0.29, 0.717) is 25.9 Å². The molecule has 0 aliphatic carbocycles. The van der Waals surface area contributed by atoms with Crippen molar-refractivity contribution in [3.05, 3.63) is 0 Å². The lowest BCUT2D eigenvalue weighted by Gasteiger charge is -2.22. The fraction of sp³-hybridized carbons (Fsp3) is 0.971. The zero-order valence-corrected chi connectivity index (χ0v) is 50.6. The van der Waals surface area contributed by atoms with E-state index in [1.54, 1.807) is 0 Å². The smallest absolute Gasteiger partial charge is 0.305 e. The van der Waals surface area contributed by atoms with E-state index in [-0.39, 0.29) is 18.5 Å². The van der Waals surface area contributed by atoms with Gasteiger partial charge in [-0.1, -0.05) is 361 Å². The number of aliphatic hydroxyl groups is 2. The molecule has 0 aliphatic heterocycles. The van der Waals surface area contributed by atoms with Gasteiger partial charge in [0.05, 0.1) is 25.4 Å². The average Bonchev–Trinajstić information content (AvgIpc) is 3.40. The van der Waals surface area contributed by atoms with E-state index in [1.807, 2.05) is 0 Å². The minimum absolute atomic E-state index is 0.0192. The first-order chi connectivity index (χ1) is 36.5. The minimum Gasteiger partial charge on any atom is -0.466 e. The number of unbranched alkanes of at least 4 members (excludes halogenated alkanes) is 54. The van der Waals surface area contributed by atoms with Crippen molar-refractivity contribution in [2.45, 2.75) is 411 Å². The molecule has 0 rings (SSSR count). The number of hydrogen-bond acceptors (Lipinski definition) is 5. The van der Waals surface area contributed by atoms with Gasteiger partial charge in [-0.2, -0.15) is 0 Å². The molecular formula is C68H135NO5. The molecule has 0 aliphatic rings. The molecule has 2 atom stereocenters. The van der Waals surface area contributed by atoms with Crippen LogP contribution >= 0.6 is 0 Å². The van der Waals surface area contributed by atoms with E-state index >= 15 is 0 Å². The van der Waals surface area contributed by atoms with Gasteiger partial charge in [-0.25, -0.2) is 0 Å². The highest BCUT2D eigenvalue weighted by molar-refractivity contribution is 5.76. The van der Waals surface area contributed by atoms with Crippen LogP contribution in [0.4, 0.5) is 0 Å². The molecule has 0 spiro atoms. The number of esters is 1. The summed E-state index contributed by atoms with van der Waals surface area (Å²) in [6.07, 6.45) is 77.1. The summed E-state index contributed by atoms with van der Waals surface area (Å²) in [6.45, 7) is 5.00. The summed E-state index contributed by atoms with van der Waals surface area (Å²) in [4.78, 5) is 24.6. The second-order valence-electron chi connectivity index (χ2n) is 23.9. The van der Waals surface area contributed by atoms with Crippen molar-refractivity contribution in [3.8, 4) is 0 Å². The van der Waals surface area contributed by atoms with Crippen molar-refractivity contribution in [3.63, 3.8) is 0 Å². The first kappa shape index (κ1) is 72.9. The Bertz CT molecular complexity index is 1070. The zero-order valence-electron chi connectivity index (χ0n) is 50.6. The summed E-state index contributed by atoms with van der Waals surface area (Å²) in [7, 11) is 0. The zero-order chi connectivity index (χ0) is 53.6. The van der Waals surface area contributed by atoms with Crippen LogP contribution in [0.25, 0.3) is 0 Å². The third-order valence-corrected chi connectivity index (χ3v) is 16.4. The molecule has 6 heteroatoms. The van der Waals surface area contributed by atoms with E-state index in [2.05, 4.69) is 19.2 Å². The predicted molar refractivity (Wildman–Crippen MR) is 324 cm³/mol. The van der Waals surface area contributed by atoms with Crippen molar-refractivity contribution in [2.24, 2.45) is 0 Å². The third-order valence-electron chi connectivity index (χ3n) is 16.4. The molecule has 0 fully saturated rings. The van der Waals surface area contributed by atoms with Crippen LogP contribution < -0.4 is 5.32 Å². The summed E-state index contributed by atoms with van der Waals surface area (Å²) < 4.78 is 5.49. The lowest BCUT2D eigenvalue weighted by Crippen LogP contribution is -2.45. The Morgan fingerprint density at radius 2 is 0.554 bits per heavy atom. The van der Waals surface area contributed by atoms with Gasteiger partial charge in [0.2, 0.25) is 5.91 Å². The van der Waals surface area contributed by atoms with Crippen LogP contribution in [0.1, 0.15) is 399 Å². The summed E-state index contributed by atoms with van der Waals surface area (Å²) in [5.74, 6) is -0.00913. The number of hydrogen-bond donors (Lipinski definition) is 3. The van der Waals surface area contributed by atoms with Gasteiger partial charge in [0.15, 0.2) is 0 Å². The van der Waals surface area contributed by atoms with Crippen molar-refractivity contribution in [1.82, 2.24) is 5.32 Å². The minimum atomic E-state index is -0.662. The Labute approximate surface area is 464 Å². The van der Waals surface area contributed by atoms with Crippen molar-refractivity contribution in [2.75, 3.05) is 13.2 Å². The molecule has 1 amide bonds. The first-order valence-corrected chi connectivity index (χ1v) is 34.3. The lowest BCUT2D eigenvalue weighted by molar-refractivity contribution is -0.143. The molecule has 6 nitrogen and oxygen atoms in total. The SMILES string of the molecule is CCCCCCCCCCCCCCCCCCCCCC(O)C(CO)NC(=O)CCCCCCCCCCCCCCCCCCCCCCCCCCCOC(=O)CCCCCCCCCCCCCCC. The van der Waals surface area contributed by atoms with Gasteiger partial charge < -0.3 is 20.3 Å². The van der Waals surface area contributed by atoms with Gasteiger partial charge in [-0.05, 0) is 25.7 Å². The van der Waals surface area contributed by atoms with Gasteiger partial charge in [-0.15, -0.1) is 0 Å². The van der Waals surface area contributed by atoms with Gasteiger partial charge >= 0.3 is 5.97 Å². The van der Waals surface area contributed by atoms with E-state index in [0.717, 1.165) is 38.5 Å². The number of carbonyl (C=O) groups is 2. The largest absolute Gasteiger partial charge is 0.466 e. The average molecular weight is 1050 g/mol. The molecular weight excluding hydrogens is 911 g/mol. The van der Waals surface area contributed by atoms with Crippen molar-refractivity contribution in [1.29, 1.82) is 0 Å². The van der Waals surface area contributed by atoms with Crippen LogP contribution in [0.15, 0.2) is 0 Å². The maximum atomic E-state index is 12.5. The number of carbonyl (C=O) groups excluding carboxylic acids is 2. The molecule has 0 saturated carbocycles. The van der Waals surface area contributed by atoms with Crippen LogP contribution in [0.5, 0.6) is 0 Å². The molecule has 0 saturated heterocycles. The van der Waals surface area contributed by atoms with Crippen LogP contribution in [0.3, 0.4) is 0 Å². The number of aliphatic hydroxyl groups excluding tert-OH is 2. The van der Waals surface area contributed by atoms with Gasteiger partial charge in [0.1, 0.15) is 0 Å². The van der Waals surface area contributed by atoms with Crippen LogP contribution in [0, 0.1) is 0 Å². The van der Waals surface area contributed by atoms with Crippen molar-refractivity contribution >= 4 is 11.9 Å². The molecule has 0 radical (unpaired) electrons. The Morgan fingerprint density at radius 3 is 0.824 bits per heavy atom. The molecule has 2 unspecified atom stereocenters. The molecule has 0 aromatic heterocycles. The number of rotatable bonds is 65. The second-order valence-corrected chi connectivity index (χ2v) is 23.9. The van der Waals surface area contributed by atoms with E-state index in [1.165, 1.54) is 327 Å². The Kier molecular flexibility index (Phi) is 63.4. The quantitative estimate of drug-likeness (QED) is 0.0417. The highest BCUT2D eigenvalue weighted by atomic mass is 16.5. The fourth-order valence-electron chi connectivity index (χ4n) is 11.2. The van der Waals surface area contributed by atoms with Gasteiger partial charge in [0.25, 0.3) is 0 Å². The van der Waals surface area contributed by atoms with Crippen LogP contribution in [0.2, 0.25) is 0 Å². The highest BCUT2D eigenvalue weighted by Crippen LogP contribution is 2.19. The molecule has 0 heterocycles. The Balaban J connectivity index is 3.35. The highest BCUT2D eigenvalue weighted by Gasteiger charge is 2.20. The normalized spacial score (nSPS) is 12.4. The summed E-state index contributed by atoms with van der Waals surface area (Å²) >= 11 is 0. The number of ether oxygens (including phenoxy) is 1. The fourth-order valence-corrected chi connectivity index (χ4v) is 11.2. The number of nitrogens with one attached hydrogen (secondary N) is 1. The lowest BCUT2D eigenvalue weighted by atomic mass is 10.0. The maximum Gasteiger partial charge on any atom is 0.305 e. The van der Waals surface area contributed by atoms with Crippen LogP contribution in [-0.2, 0) is 14.3 Å². The molecule has 0 aromatic carbocycles. The van der Waals surface area contributed by atoms with Gasteiger partial charge in [-0.3, -0.25) is 9.59 Å². The molecule has 3 N–H and O–H groups in total. The maximum absolute atomic E-state index is 12.5. The van der Waals surface area contributed by atoms with E-state index in [4.69, 9.17) is 4.74 Å². The summed E-state index contributed by atoms with van der Waals surface area (Å²) in [6, 6.07) is -0.539. The van der Waals surface area contributed by atoms with E-state index in [9.17, 15) is 19.8 Å². The Morgan fingerprint density at radius 1 is 0.324 bits per heavy atom.